The van der Waals surface area contributed by atoms with Crippen LogP contribution in [0.15, 0.2) is 42.5 Å². The van der Waals surface area contributed by atoms with E-state index in [1.54, 1.807) is 0 Å². The molecule has 0 amide bonds. The van der Waals surface area contributed by atoms with E-state index in [1.165, 1.54) is 18.4 Å². The molecule has 88 valence electrons. The third-order valence-electron chi connectivity index (χ3n) is 2.40. The van der Waals surface area contributed by atoms with Gasteiger partial charge in [-0.1, -0.05) is 32.6 Å². The zero-order chi connectivity index (χ0) is 10.9. The predicted octanol–water partition coefficient (Wildman–Crippen LogP) is 4.61. The average molecular weight is 301 g/mol. The van der Waals surface area contributed by atoms with Gasteiger partial charge < -0.3 is 0 Å². The molecule has 0 N–H and O–H groups in total. The maximum atomic E-state index is 3.14. The molecule has 0 bridgehead atoms. The van der Waals surface area contributed by atoms with E-state index in [1.807, 2.05) is 6.08 Å². The molecule has 0 heterocycles. The zero-order valence-electron chi connectivity index (χ0n) is 10.1. The van der Waals surface area contributed by atoms with Gasteiger partial charge in [-0.3, -0.25) is 6.08 Å². The van der Waals surface area contributed by atoms with Crippen LogP contribution in [-0.4, -0.2) is 0 Å². The van der Waals surface area contributed by atoms with Crippen LogP contribution in [0.2, 0.25) is 0 Å². The molecule has 0 nitrogen and oxygen atoms in total. The van der Waals surface area contributed by atoms with Crippen molar-refractivity contribution in [3.63, 3.8) is 0 Å². The van der Waals surface area contributed by atoms with Crippen molar-refractivity contribution in [1.29, 1.82) is 0 Å². The van der Waals surface area contributed by atoms with Gasteiger partial charge in [-0.2, -0.15) is 23.8 Å². The molecular formula is C15H20Ru. The van der Waals surface area contributed by atoms with Crippen LogP contribution in [0.1, 0.15) is 44.6 Å². The maximum absolute atomic E-state index is 3.14. The summed E-state index contributed by atoms with van der Waals surface area (Å²) in [7, 11) is 0. The summed E-state index contributed by atoms with van der Waals surface area (Å²) in [6.07, 6.45) is 13.0. The molecule has 1 aromatic rings. The van der Waals surface area contributed by atoms with Gasteiger partial charge in [-0.25, -0.2) is 24.3 Å². The van der Waals surface area contributed by atoms with Crippen molar-refractivity contribution in [1.82, 2.24) is 0 Å². The van der Waals surface area contributed by atoms with Crippen molar-refractivity contribution in [3.05, 3.63) is 54.1 Å². The van der Waals surface area contributed by atoms with Gasteiger partial charge in [0.2, 0.25) is 0 Å². The first-order chi connectivity index (χ1) is 7.30. The fourth-order valence-corrected chi connectivity index (χ4v) is 1.41. The maximum Gasteiger partial charge on any atom is 2.00 e. The van der Waals surface area contributed by atoms with Gasteiger partial charge in [0.05, 0.1) is 0 Å². The number of allylic oxidation sites excluding steroid dienone is 4. The fourth-order valence-electron chi connectivity index (χ4n) is 1.41. The Morgan fingerprint density at radius 1 is 1.19 bits per heavy atom. The summed E-state index contributed by atoms with van der Waals surface area (Å²) >= 11 is 0. The summed E-state index contributed by atoms with van der Waals surface area (Å²) in [5.41, 5.74) is 1.44. The molecule has 0 aliphatic heterocycles. The van der Waals surface area contributed by atoms with Gasteiger partial charge in [0.25, 0.3) is 0 Å². The van der Waals surface area contributed by atoms with E-state index in [0.29, 0.717) is 5.92 Å². The first kappa shape index (κ1) is 15.5. The molecule has 1 heteroatoms. The Balaban J connectivity index is 0.000000267. The first-order valence-electron chi connectivity index (χ1n) is 5.74. The quantitative estimate of drug-likeness (QED) is 0.525. The van der Waals surface area contributed by atoms with Gasteiger partial charge in [-0.15, -0.1) is 6.42 Å². The van der Waals surface area contributed by atoms with Crippen molar-refractivity contribution < 1.29 is 19.5 Å². The van der Waals surface area contributed by atoms with Crippen molar-refractivity contribution in [3.8, 4) is 0 Å². The van der Waals surface area contributed by atoms with Crippen LogP contribution < -0.4 is 0 Å². The Bertz CT molecular complexity index is 279. The molecule has 1 aromatic carbocycles. The minimum Gasteiger partial charge on any atom is -0.275 e. The van der Waals surface area contributed by atoms with Crippen LogP contribution in [-0.2, 0) is 19.5 Å². The largest absolute Gasteiger partial charge is 2.00 e. The minimum atomic E-state index is 0. The Labute approximate surface area is 113 Å². The van der Waals surface area contributed by atoms with E-state index in [9.17, 15) is 0 Å². The molecule has 0 atom stereocenters. The molecule has 0 spiro atoms. The molecule has 0 radical (unpaired) electrons. The summed E-state index contributed by atoms with van der Waals surface area (Å²) in [5, 5.41) is 0. The third-order valence-corrected chi connectivity index (χ3v) is 2.40. The van der Waals surface area contributed by atoms with Gasteiger partial charge in [0, 0.05) is 0 Å². The SMILES string of the molecule is CC(C)[c-]1cccc1.[C-]1=CC=CCCC1.[Ru+2]. The second-order valence-electron chi connectivity index (χ2n) is 4.06. The first-order valence-corrected chi connectivity index (χ1v) is 5.74. The summed E-state index contributed by atoms with van der Waals surface area (Å²) in [6, 6.07) is 8.47. The van der Waals surface area contributed by atoms with Crippen LogP contribution in [0, 0.1) is 6.08 Å². The van der Waals surface area contributed by atoms with Crippen LogP contribution in [0.3, 0.4) is 0 Å². The van der Waals surface area contributed by atoms with Crippen molar-refractivity contribution in [2.45, 2.75) is 39.0 Å². The summed E-state index contributed by atoms with van der Waals surface area (Å²) in [6.45, 7) is 4.41. The van der Waals surface area contributed by atoms with Gasteiger partial charge in [0.1, 0.15) is 0 Å². The van der Waals surface area contributed by atoms with Crippen molar-refractivity contribution in [2.75, 3.05) is 0 Å². The molecule has 1 aliphatic carbocycles. The molecule has 0 aromatic heterocycles. The molecule has 0 saturated carbocycles. The number of rotatable bonds is 1. The van der Waals surface area contributed by atoms with E-state index in [4.69, 9.17) is 0 Å². The number of hydrogen-bond donors (Lipinski definition) is 0. The topological polar surface area (TPSA) is 0 Å². The van der Waals surface area contributed by atoms with Crippen molar-refractivity contribution >= 4 is 0 Å². The zero-order valence-corrected chi connectivity index (χ0v) is 11.8. The van der Waals surface area contributed by atoms with E-state index < -0.39 is 0 Å². The minimum absolute atomic E-state index is 0. The fraction of sp³-hybridized carbons (Fsp3) is 0.400. The number of hydrogen-bond acceptors (Lipinski definition) is 0. The molecule has 1 aliphatic rings. The average Bonchev–Trinajstić information content (AvgIpc) is 2.60. The molecule has 0 unspecified atom stereocenters. The molecule has 0 fully saturated rings. The van der Waals surface area contributed by atoms with E-state index in [2.05, 4.69) is 56.3 Å². The summed E-state index contributed by atoms with van der Waals surface area (Å²) in [5.74, 6) is 0.685. The predicted molar refractivity (Wildman–Crippen MR) is 66.9 cm³/mol. The second-order valence-corrected chi connectivity index (χ2v) is 4.06. The van der Waals surface area contributed by atoms with Crippen LogP contribution in [0.4, 0.5) is 0 Å². The summed E-state index contributed by atoms with van der Waals surface area (Å²) < 4.78 is 0. The smallest absolute Gasteiger partial charge is 0.275 e. The van der Waals surface area contributed by atoms with Crippen molar-refractivity contribution in [2.24, 2.45) is 0 Å². The Hall–Kier alpha value is -0.547. The molecular weight excluding hydrogens is 281 g/mol. The van der Waals surface area contributed by atoms with Gasteiger partial charge >= 0.3 is 19.5 Å². The van der Waals surface area contributed by atoms with Gasteiger partial charge in [0.15, 0.2) is 0 Å². The van der Waals surface area contributed by atoms with Crippen LogP contribution >= 0.6 is 0 Å². The Kier molecular flexibility index (Phi) is 9.33. The molecule has 0 saturated heterocycles. The monoisotopic (exact) mass is 302 g/mol. The van der Waals surface area contributed by atoms with Crippen LogP contribution in [0.25, 0.3) is 0 Å². The van der Waals surface area contributed by atoms with Crippen LogP contribution in [0.5, 0.6) is 0 Å². The van der Waals surface area contributed by atoms with Gasteiger partial charge in [-0.05, 0) is 0 Å². The molecule has 2 rings (SSSR count). The summed E-state index contributed by atoms with van der Waals surface area (Å²) in [4.78, 5) is 0. The third kappa shape index (κ3) is 6.85. The molecule has 16 heavy (non-hydrogen) atoms. The Morgan fingerprint density at radius 3 is 2.44 bits per heavy atom. The standard InChI is InChI=1S/C8H11.C7H9.Ru/c1-7(2)8-5-3-4-6-8;1-2-4-6-7-5-3-1;/h3-7H,1-2H3;1-3H,4,6-7H2;/q2*-1;+2. The van der Waals surface area contributed by atoms with E-state index in [-0.39, 0.29) is 19.5 Å². The Morgan fingerprint density at radius 2 is 1.88 bits per heavy atom. The normalized spacial score (nSPS) is 13.7. The van der Waals surface area contributed by atoms with E-state index >= 15 is 0 Å². The second kappa shape index (κ2) is 9.66. The van der Waals surface area contributed by atoms with E-state index in [0.717, 1.165) is 6.42 Å².